The molecular formula is C11H19N3S. The van der Waals surface area contributed by atoms with Gasteiger partial charge in [0.25, 0.3) is 0 Å². The van der Waals surface area contributed by atoms with E-state index in [1.165, 1.54) is 35.6 Å². The second kappa shape index (κ2) is 4.92. The largest absolute Gasteiger partial charge is 0.365 e. The molecule has 15 heavy (non-hydrogen) atoms. The van der Waals surface area contributed by atoms with E-state index in [4.69, 9.17) is 0 Å². The zero-order chi connectivity index (χ0) is 10.7. The van der Waals surface area contributed by atoms with E-state index < -0.39 is 0 Å². The Morgan fingerprint density at radius 1 is 1.60 bits per heavy atom. The maximum atomic E-state index is 4.34. The number of anilines is 1. The van der Waals surface area contributed by atoms with E-state index in [0.29, 0.717) is 6.04 Å². The number of hydrogen-bond acceptors (Lipinski definition) is 3. The molecule has 1 aliphatic rings. The van der Waals surface area contributed by atoms with E-state index in [0.717, 1.165) is 12.2 Å². The van der Waals surface area contributed by atoms with Gasteiger partial charge in [0.1, 0.15) is 0 Å². The van der Waals surface area contributed by atoms with Crippen molar-refractivity contribution in [3.8, 4) is 0 Å². The van der Waals surface area contributed by atoms with Crippen molar-refractivity contribution in [2.45, 2.75) is 39.2 Å². The Hall–Kier alpha value is -0.640. The van der Waals surface area contributed by atoms with Crippen molar-refractivity contribution < 1.29 is 0 Å². The van der Waals surface area contributed by atoms with Gasteiger partial charge in [0.2, 0.25) is 0 Å². The first-order valence-corrected chi connectivity index (χ1v) is 6.85. The molecule has 0 bridgehead atoms. The minimum Gasteiger partial charge on any atom is -0.365 e. The highest BCUT2D eigenvalue weighted by Crippen LogP contribution is 2.22. The van der Waals surface area contributed by atoms with Crippen molar-refractivity contribution >= 4 is 17.6 Å². The van der Waals surface area contributed by atoms with Crippen molar-refractivity contribution in [2.75, 3.05) is 16.8 Å². The average molecular weight is 225 g/mol. The fourth-order valence-electron chi connectivity index (χ4n) is 1.97. The summed E-state index contributed by atoms with van der Waals surface area (Å²) < 4.78 is 0. The van der Waals surface area contributed by atoms with Gasteiger partial charge in [-0.2, -0.15) is 16.9 Å². The van der Waals surface area contributed by atoms with Gasteiger partial charge in [-0.1, -0.05) is 6.92 Å². The molecule has 2 rings (SSSR count). The van der Waals surface area contributed by atoms with E-state index in [-0.39, 0.29) is 0 Å². The number of aryl methyl sites for hydroxylation is 1. The Morgan fingerprint density at radius 2 is 2.47 bits per heavy atom. The van der Waals surface area contributed by atoms with Crippen molar-refractivity contribution in [2.24, 2.45) is 0 Å². The maximum Gasteiger partial charge on any atom is 0.151 e. The van der Waals surface area contributed by atoms with Gasteiger partial charge in [-0.25, -0.2) is 0 Å². The zero-order valence-electron chi connectivity index (χ0n) is 9.47. The topological polar surface area (TPSA) is 40.7 Å². The van der Waals surface area contributed by atoms with Gasteiger partial charge in [-0.3, -0.25) is 5.10 Å². The van der Waals surface area contributed by atoms with Gasteiger partial charge < -0.3 is 5.32 Å². The predicted octanol–water partition coefficient (Wildman–Crippen LogP) is 2.59. The van der Waals surface area contributed by atoms with Crippen LogP contribution in [0.2, 0.25) is 0 Å². The van der Waals surface area contributed by atoms with E-state index in [1.807, 2.05) is 11.8 Å². The number of aromatic amines is 1. The van der Waals surface area contributed by atoms with Crippen LogP contribution in [0.4, 0.5) is 5.82 Å². The Kier molecular flexibility index (Phi) is 3.57. The number of nitrogens with zero attached hydrogens (tertiary/aromatic N) is 1. The molecule has 0 radical (unpaired) electrons. The standard InChI is InChI=1S/C11H19N3S/c1-3-10-8(2)11(14-13-10)12-9-5-4-6-15-7-9/h9H,3-7H2,1-2H3,(H2,12,13,14)/t9-/m1/s1. The van der Waals surface area contributed by atoms with Crippen LogP contribution in [-0.4, -0.2) is 27.7 Å². The van der Waals surface area contributed by atoms with Crippen molar-refractivity contribution in [1.82, 2.24) is 10.2 Å². The number of H-pyrrole nitrogens is 1. The molecule has 2 heterocycles. The van der Waals surface area contributed by atoms with E-state index in [9.17, 15) is 0 Å². The summed E-state index contributed by atoms with van der Waals surface area (Å²) in [5.74, 6) is 3.59. The van der Waals surface area contributed by atoms with Crippen LogP contribution in [0, 0.1) is 6.92 Å². The molecule has 1 fully saturated rings. The molecule has 4 heteroatoms. The minimum absolute atomic E-state index is 0.607. The number of hydrogen-bond donors (Lipinski definition) is 2. The predicted molar refractivity (Wildman–Crippen MR) is 66.7 cm³/mol. The Morgan fingerprint density at radius 3 is 3.07 bits per heavy atom. The molecule has 2 N–H and O–H groups in total. The van der Waals surface area contributed by atoms with Gasteiger partial charge in [0.15, 0.2) is 5.82 Å². The Labute approximate surface area is 95.4 Å². The van der Waals surface area contributed by atoms with Crippen LogP contribution < -0.4 is 5.32 Å². The van der Waals surface area contributed by atoms with Crippen molar-refractivity contribution in [3.63, 3.8) is 0 Å². The maximum absolute atomic E-state index is 4.34. The third-order valence-electron chi connectivity index (χ3n) is 2.97. The first-order valence-electron chi connectivity index (χ1n) is 5.69. The normalized spacial score (nSPS) is 21.6. The molecule has 1 saturated heterocycles. The van der Waals surface area contributed by atoms with Crippen LogP contribution >= 0.6 is 11.8 Å². The molecule has 0 aromatic carbocycles. The third-order valence-corrected chi connectivity index (χ3v) is 4.18. The number of nitrogens with one attached hydrogen (secondary N) is 2. The number of rotatable bonds is 3. The molecule has 0 saturated carbocycles. The van der Waals surface area contributed by atoms with Gasteiger partial charge in [-0.05, 0) is 31.9 Å². The lowest BCUT2D eigenvalue weighted by molar-refractivity contribution is 0.681. The number of aromatic nitrogens is 2. The summed E-state index contributed by atoms with van der Waals surface area (Å²) in [6, 6.07) is 0.607. The van der Waals surface area contributed by atoms with Crippen LogP contribution in [0.3, 0.4) is 0 Å². The summed E-state index contributed by atoms with van der Waals surface area (Å²) >= 11 is 2.04. The van der Waals surface area contributed by atoms with Crippen molar-refractivity contribution in [1.29, 1.82) is 0 Å². The summed E-state index contributed by atoms with van der Waals surface area (Å²) in [6.07, 6.45) is 3.63. The second-order valence-corrected chi connectivity index (χ2v) is 5.24. The van der Waals surface area contributed by atoms with Gasteiger partial charge in [0.05, 0.1) is 0 Å². The monoisotopic (exact) mass is 225 g/mol. The van der Waals surface area contributed by atoms with Gasteiger partial charge in [-0.15, -0.1) is 0 Å². The first kappa shape index (κ1) is 10.9. The molecule has 1 atom stereocenters. The van der Waals surface area contributed by atoms with Crippen LogP contribution in [0.5, 0.6) is 0 Å². The molecule has 1 aliphatic heterocycles. The summed E-state index contributed by atoms with van der Waals surface area (Å²) in [6.45, 7) is 4.29. The molecule has 3 nitrogen and oxygen atoms in total. The minimum atomic E-state index is 0.607. The van der Waals surface area contributed by atoms with Gasteiger partial charge in [0, 0.05) is 23.1 Å². The molecule has 84 valence electrons. The Bertz CT molecular complexity index is 316. The SMILES string of the molecule is CCc1[nH]nc(N[C@@H]2CCCSC2)c1C. The lowest BCUT2D eigenvalue weighted by atomic mass is 10.1. The number of thioether (sulfide) groups is 1. The smallest absolute Gasteiger partial charge is 0.151 e. The lowest BCUT2D eigenvalue weighted by Gasteiger charge is -2.22. The first-order chi connectivity index (χ1) is 7.31. The van der Waals surface area contributed by atoms with E-state index in [2.05, 4.69) is 29.4 Å². The average Bonchev–Trinajstić information content (AvgIpc) is 2.62. The Balaban J connectivity index is 2.00. The third kappa shape index (κ3) is 2.48. The van der Waals surface area contributed by atoms with Crippen LogP contribution in [0.25, 0.3) is 0 Å². The molecule has 0 aliphatic carbocycles. The molecular weight excluding hydrogens is 206 g/mol. The summed E-state index contributed by atoms with van der Waals surface area (Å²) in [7, 11) is 0. The van der Waals surface area contributed by atoms with E-state index in [1.54, 1.807) is 0 Å². The molecule has 0 amide bonds. The van der Waals surface area contributed by atoms with E-state index >= 15 is 0 Å². The van der Waals surface area contributed by atoms with Crippen LogP contribution in [-0.2, 0) is 6.42 Å². The highest BCUT2D eigenvalue weighted by Gasteiger charge is 2.16. The second-order valence-electron chi connectivity index (χ2n) is 4.09. The lowest BCUT2D eigenvalue weighted by Crippen LogP contribution is -2.26. The molecule has 0 spiro atoms. The summed E-state index contributed by atoms with van der Waals surface area (Å²) in [5.41, 5.74) is 2.54. The molecule has 1 aromatic rings. The highest BCUT2D eigenvalue weighted by molar-refractivity contribution is 7.99. The molecule has 1 aromatic heterocycles. The summed E-state index contributed by atoms with van der Waals surface area (Å²) in [5, 5.41) is 11.0. The zero-order valence-corrected chi connectivity index (χ0v) is 10.3. The quantitative estimate of drug-likeness (QED) is 0.830. The van der Waals surface area contributed by atoms with Crippen LogP contribution in [0.1, 0.15) is 31.0 Å². The fourth-order valence-corrected chi connectivity index (χ4v) is 3.04. The highest BCUT2D eigenvalue weighted by atomic mass is 32.2. The van der Waals surface area contributed by atoms with Crippen molar-refractivity contribution in [3.05, 3.63) is 11.3 Å². The summed E-state index contributed by atoms with van der Waals surface area (Å²) in [4.78, 5) is 0. The molecule has 0 unspecified atom stereocenters. The fraction of sp³-hybridized carbons (Fsp3) is 0.727. The van der Waals surface area contributed by atoms with Gasteiger partial charge >= 0.3 is 0 Å². The van der Waals surface area contributed by atoms with Crippen LogP contribution in [0.15, 0.2) is 0 Å².